The summed E-state index contributed by atoms with van der Waals surface area (Å²) in [6.45, 7) is 2.75. The van der Waals surface area contributed by atoms with Crippen LogP contribution in [0.2, 0.25) is 0 Å². The minimum atomic E-state index is -0.696. The number of hydrogen-bond acceptors (Lipinski definition) is 4. The van der Waals surface area contributed by atoms with Gasteiger partial charge in [-0.05, 0) is 25.7 Å². The third kappa shape index (κ3) is 1.95. The number of nitrogens with two attached hydrogens (primary N) is 1. The summed E-state index contributed by atoms with van der Waals surface area (Å²) in [7, 11) is 1.55. The average Bonchev–Trinajstić information content (AvgIpc) is 2.68. The zero-order valence-electron chi connectivity index (χ0n) is 10.4. The minimum absolute atomic E-state index is 0.0356. The zero-order chi connectivity index (χ0) is 12.5. The molecule has 1 aliphatic rings. The summed E-state index contributed by atoms with van der Waals surface area (Å²) in [4.78, 5) is 12.4. The molecule has 2 N–H and O–H groups in total. The second-order valence-corrected chi connectivity index (χ2v) is 4.62. The summed E-state index contributed by atoms with van der Waals surface area (Å²) in [5.74, 6) is 0.492. The molecule has 5 heteroatoms. The van der Waals surface area contributed by atoms with Gasteiger partial charge in [-0.25, -0.2) is 0 Å². The van der Waals surface area contributed by atoms with Crippen LogP contribution < -0.4 is 10.5 Å². The minimum Gasteiger partial charge on any atom is -0.493 e. The predicted molar refractivity (Wildman–Crippen MR) is 64.2 cm³/mol. The fourth-order valence-electron chi connectivity index (χ4n) is 2.15. The van der Waals surface area contributed by atoms with Crippen LogP contribution >= 0.6 is 0 Å². The van der Waals surface area contributed by atoms with Gasteiger partial charge in [0.05, 0.1) is 18.8 Å². The van der Waals surface area contributed by atoms with E-state index in [0.29, 0.717) is 18.0 Å². The Labute approximate surface area is 101 Å². The molecule has 0 aliphatic heterocycles. The molecule has 0 spiro atoms. The molecular formula is C12H19N3O2. The van der Waals surface area contributed by atoms with E-state index in [2.05, 4.69) is 5.10 Å². The van der Waals surface area contributed by atoms with Crippen molar-refractivity contribution in [3.8, 4) is 5.75 Å². The molecular weight excluding hydrogens is 218 g/mol. The fourth-order valence-corrected chi connectivity index (χ4v) is 2.15. The Balaban J connectivity index is 2.34. The van der Waals surface area contributed by atoms with Gasteiger partial charge >= 0.3 is 0 Å². The summed E-state index contributed by atoms with van der Waals surface area (Å²) in [6, 6.07) is 0. The van der Waals surface area contributed by atoms with Crippen molar-refractivity contribution in [2.45, 2.75) is 44.7 Å². The molecule has 0 amide bonds. The van der Waals surface area contributed by atoms with Gasteiger partial charge in [0.15, 0.2) is 5.75 Å². The number of aromatic nitrogens is 2. The molecule has 1 heterocycles. The summed E-state index contributed by atoms with van der Waals surface area (Å²) >= 11 is 0. The number of aryl methyl sites for hydroxylation is 1. The molecule has 1 fully saturated rings. The van der Waals surface area contributed by atoms with E-state index >= 15 is 0 Å². The highest BCUT2D eigenvalue weighted by Gasteiger charge is 2.43. The molecule has 0 aromatic carbocycles. The number of carbonyl (C=O) groups excluding carboxylic acids is 1. The standard InChI is InChI=1S/C12H19N3O2/c1-3-7-15-10(9(17-2)8-14-15)11(16)12(13)5-4-6-12/h8H,3-7,13H2,1-2H3. The zero-order valence-corrected chi connectivity index (χ0v) is 10.4. The summed E-state index contributed by atoms with van der Waals surface area (Å²) in [6.07, 6.45) is 5.04. The first-order valence-corrected chi connectivity index (χ1v) is 6.06. The first-order chi connectivity index (χ1) is 8.12. The first kappa shape index (κ1) is 12.1. The number of methoxy groups -OCH3 is 1. The van der Waals surface area contributed by atoms with Gasteiger partial charge in [-0.15, -0.1) is 0 Å². The largest absolute Gasteiger partial charge is 0.493 e. The molecule has 1 aromatic rings. The Morgan fingerprint density at radius 1 is 1.65 bits per heavy atom. The maximum atomic E-state index is 12.4. The summed E-state index contributed by atoms with van der Waals surface area (Å²) in [5.41, 5.74) is 5.91. The topological polar surface area (TPSA) is 70.1 Å². The highest BCUT2D eigenvalue weighted by molar-refractivity contribution is 6.04. The van der Waals surface area contributed by atoms with Gasteiger partial charge in [-0.2, -0.15) is 5.10 Å². The molecule has 0 bridgehead atoms. The molecule has 0 radical (unpaired) electrons. The number of rotatable bonds is 5. The van der Waals surface area contributed by atoms with Crippen molar-refractivity contribution in [2.24, 2.45) is 5.73 Å². The van der Waals surface area contributed by atoms with Gasteiger partial charge in [0, 0.05) is 6.54 Å². The molecule has 5 nitrogen and oxygen atoms in total. The van der Waals surface area contributed by atoms with Crippen LogP contribution in [0, 0.1) is 0 Å². The van der Waals surface area contributed by atoms with Crippen molar-refractivity contribution in [2.75, 3.05) is 7.11 Å². The van der Waals surface area contributed by atoms with E-state index in [4.69, 9.17) is 10.5 Å². The van der Waals surface area contributed by atoms with Gasteiger partial charge in [-0.1, -0.05) is 6.92 Å². The Morgan fingerprint density at radius 2 is 2.35 bits per heavy atom. The van der Waals surface area contributed by atoms with E-state index in [9.17, 15) is 4.79 Å². The van der Waals surface area contributed by atoms with Gasteiger partial charge in [0.1, 0.15) is 5.69 Å². The molecule has 1 aromatic heterocycles. The van der Waals surface area contributed by atoms with E-state index in [0.717, 1.165) is 25.7 Å². The lowest BCUT2D eigenvalue weighted by Crippen LogP contribution is -2.54. The molecule has 2 rings (SSSR count). The van der Waals surface area contributed by atoms with E-state index in [1.165, 1.54) is 0 Å². The van der Waals surface area contributed by atoms with Crippen molar-refractivity contribution >= 4 is 5.78 Å². The second kappa shape index (κ2) is 4.49. The van der Waals surface area contributed by atoms with E-state index in [1.54, 1.807) is 18.0 Å². The molecule has 1 aliphatic carbocycles. The van der Waals surface area contributed by atoms with Gasteiger partial charge in [0.2, 0.25) is 5.78 Å². The number of hydrogen-bond donors (Lipinski definition) is 1. The van der Waals surface area contributed by atoms with Crippen LogP contribution in [-0.4, -0.2) is 28.2 Å². The van der Waals surface area contributed by atoms with Crippen molar-refractivity contribution in [3.05, 3.63) is 11.9 Å². The molecule has 94 valence electrons. The van der Waals surface area contributed by atoms with Crippen LogP contribution in [-0.2, 0) is 6.54 Å². The Morgan fingerprint density at radius 3 is 2.82 bits per heavy atom. The summed E-state index contributed by atoms with van der Waals surface area (Å²) in [5, 5.41) is 4.18. The molecule has 0 unspecified atom stereocenters. The average molecular weight is 237 g/mol. The molecule has 17 heavy (non-hydrogen) atoms. The maximum Gasteiger partial charge on any atom is 0.204 e. The number of ether oxygens (including phenoxy) is 1. The van der Waals surface area contributed by atoms with Gasteiger partial charge in [0.25, 0.3) is 0 Å². The highest BCUT2D eigenvalue weighted by Crippen LogP contribution is 2.34. The highest BCUT2D eigenvalue weighted by atomic mass is 16.5. The van der Waals surface area contributed by atoms with Gasteiger partial charge in [-0.3, -0.25) is 9.48 Å². The molecule has 0 atom stereocenters. The normalized spacial score (nSPS) is 17.6. The van der Waals surface area contributed by atoms with Crippen molar-refractivity contribution < 1.29 is 9.53 Å². The lowest BCUT2D eigenvalue weighted by atomic mass is 9.73. The Hall–Kier alpha value is -1.36. The second-order valence-electron chi connectivity index (χ2n) is 4.62. The third-order valence-electron chi connectivity index (χ3n) is 3.37. The van der Waals surface area contributed by atoms with E-state index in [1.807, 2.05) is 6.92 Å². The Kier molecular flexibility index (Phi) is 3.19. The smallest absolute Gasteiger partial charge is 0.204 e. The third-order valence-corrected chi connectivity index (χ3v) is 3.37. The first-order valence-electron chi connectivity index (χ1n) is 6.06. The van der Waals surface area contributed by atoms with Crippen molar-refractivity contribution in [1.29, 1.82) is 0 Å². The number of ketones is 1. The summed E-state index contributed by atoms with van der Waals surface area (Å²) < 4.78 is 6.90. The lowest BCUT2D eigenvalue weighted by molar-refractivity contribution is 0.0785. The van der Waals surface area contributed by atoms with E-state index in [-0.39, 0.29) is 5.78 Å². The van der Waals surface area contributed by atoms with Gasteiger partial charge < -0.3 is 10.5 Å². The SMILES string of the molecule is CCCn1ncc(OC)c1C(=O)C1(N)CCC1. The van der Waals surface area contributed by atoms with Crippen LogP contribution in [0.4, 0.5) is 0 Å². The van der Waals surface area contributed by atoms with Crippen LogP contribution in [0.3, 0.4) is 0 Å². The number of carbonyl (C=O) groups is 1. The molecule has 0 saturated heterocycles. The van der Waals surface area contributed by atoms with Crippen molar-refractivity contribution in [1.82, 2.24) is 9.78 Å². The lowest BCUT2D eigenvalue weighted by Gasteiger charge is -2.36. The quantitative estimate of drug-likeness (QED) is 0.785. The number of nitrogens with zero attached hydrogens (tertiary/aromatic N) is 2. The van der Waals surface area contributed by atoms with Crippen molar-refractivity contribution in [3.63, 3.8) is 0 Å². The Bertz CT molecular complexity index is 421. The number of Topliss-reactive ketones (excluding diaryl/α,β-unsaturated/α-hetero) is 1. The maximum absolute atomic E-state index is 12.4. The van der Waals surface area contributed by atoms with E-state index < -0.39 is 5.54 Å². The fraction of sp³-hybridized carbons (Fsp3) is 0.667. The van der Waals surface area contributed by atoms with Crippen LogP contribution in [0.15, 0.2) is 6.20 Å². The van der Waals surface area contributed by atoms with Crippen LogP contribution in [0.25, 0.3) is 0 Å². The molecule has 1 saturated carbocycles. The monoisotopic (exact) mass is 237 g/mol. The predicted octanol–water partition coefficient (Wildman–Crippen LogP) is 1.37. The van der Waals surface area contributed by atoms with Crippen LogP contribution in [0.1, 0.15) is 43.1 Å². The van der Waals surface area contributed by atoms with Crippen LogP contribution in [0.5, 0.6) is 5.75 Å².